The van der Waals surface area contributed by atoms with Crippen molar-refractivity contribution in [3.8, 4) is 5.69 Å². The monoisotopic (exact) mass is 333 g/mol. The molecule has 2 N–H and O–H groups in total. The van der Waals surface area contributed by atoms with Crippen LogP contribution in [0.1, 0.15) is 41.0 Å². The third-order valence-corrected chi connectivity index (χ3v) is 3.55. The number of benzene rings is 1. The van der Waals surface area contributed by atoms with Gasteiger partial charge in [0, 0.05) is 24.2 Å². The number of nitrogens with one attached hydrogen (secondary N) is 1. The lowest BCUT2D eigenvalue weighted by Crippen LogP contribution is -2.24. The van der Waals surface area contributed by atoms with Gasteiger partial charge in [-0.05, 0) is 51.0 Å². The second kappa shape index (κ2) is 7.72. The highest BCUT2D eigenvalue weighted by Crippen LogP contribution is 2.17. The molecule has 1 aromatic heterocycles. The highest BCUT2D eigenvalue weighted by molar-refractivity contribution is 5.94. The Bertz CT molecular complexity index is 756. The van der Waals surface area contributed by atoms with E-state index >= 15 is 0 Å². The van der Waals surface area contributed by atoms with Crippen LogP contribution < -0.4 is 5.32 Å². The summed E-state index contributed by atoms with van der Waals surface area (Å²) in [6.07, 6.45) is 1.12. The van der Waals surface area contributed by atoms with E-state index in [0.29, 0.717) is 25.1 Å². The lowest BCUT2D eigenvalue weighted by molar-refractivity contribution is -0.137. The Morgan fingerprint density at radius 3 is 2.58 bits per heavy atom. The molecule has 1 heterocycles. The van der Waals surface area contributed by atoms with Crippen molar-refractivity contribution in [3.63, 3.8) is 0 Å². The number of carboxylic acids is 1. The summed E-state index contributed by atoms with van der Waals surface area (Å²) < 4.78 is 15.8. The van der Waals surface area contributed by atoms with Crippen molar-refractivity contribution in [1.29, 1.82) is 0 Å². The van der Waals surface area contributed by atoms with E-state index < -0.39 is 11.8 Å². The number of hydrogen-bond donors (Lipinski definition) is 2. The van der Waals surface area contributed by atoms with Gasteiger partial charge >= 0.3 is 5.97 Å². The standard InChI is InChI=1S/C17H20FN3O3/c1-11-9-12(2)21(20-11)15-7-6-13(10-14(15)18)17(24)19-8-4-3-5-16(22)23/h6-7,9-10H,3-5,8H2,1-2H3,(H,19,24)(H,22,23). The quantitative estimate of drug-likeness (QED) is 0.763. The molecule has 128 valence electrons. The fraction of sp³-hybridized carbons (Fsp3) is 0.353. The molecule has 0 fully saturated rings. The molecule has 0 saturated carbocycles. The molecule has 2 aromatic rings. The number of carboxylic acid groups (broad SMARTS) is 1. The number of aliphatic carboxylic acids is 1. The average Bonchev–Trinajstić information content (AvgIpc) is 2.84. The van der Waals surface area contributed by atoms with E-state index in [9.17, 15) is 14.0 Å². The minimum Gasteiger partial charge on any atom is -0.481 e. The van der Waals surface area contributed by atoms with Crippen molar-refractivity contribution in [3.05, 3.63) is 47.0 Å². The van der Waals surface area contributed by atoms with Gasteiger partial charge in [-0.25, -0.2) is 9.07 Å². The molecule has 0 bridgehead atoms. The molecular formula is C17H20FN3O3. The number of aryl methyl sites for hydroxylation is 2. The first-order chi connectivity index (χ1) is 11.4. The van der Waals surface area contributed by atoms with Crippen LogP contribution in [0.4, 0.5) is 4.39 Å². The van der Waals surface area contributed by atoms with E-state index in [1.807, 2.05) is 19.9 Å². The average molecular weight is 333 g/mol. The minimum absolute atomic E-state index is 0.0713. The fourth-order valence-electron chi connectivity index (χ4n) is 2.40. The SMILES string of the molecule is Cc1cc(C)n(-c2ccc(C(=O)NCCCCC(=O)O)cc2F)n1. The number of hydrogen-bond acceptors (Lipinski definition) is 3. The highest BCUT2D eigenvalue weighted by atomic mass is 19.1. The van der Waals surface area contributed by atoms with Gasteiger partial charge in [0.05, 0.1) is 5.69 Å². The largest absolute Gasteiger partial charge is 0.481 e. The zero-order valence-corrected chi connectivity index (χ0v) is 13.7. The lowest BCUT2D eigenvalue weighted by Gasteiger charge is -2.09. The maximum absolute atomic E-state index is 14.3. The molecule has 1 aromatic carbocycles. The molecule has 1 amide bonds. The number of carbonyl (C=O) groups excluding carboxylic acids is 1. The number of halogens is 1. The van der Waals surface area contributed by atoms with Crippen molar-refractivity contribution in [1.82, 2.24) is 15.1 Å². The van der Waals surface area contributed by atoms with Crippen LogP contribution in [-0.4, -0.2) is 33.3 Å². The molecule has 7 heteroatoms. The van der Waals surface area contributed by atoms with E-state index in [0.717, 1.165) is 11.4 Å². The van der Waals surface area contributed by atoms with Gasteiger partial charge in [0.2, 0.25) is 0 Å². The second-order valence-corrected chi connectivity index (χ2v) is 5.61. The number of nitrogens with zero attached hydrogens (tertiary/aromatic N) is 2. The molecule has 0 unspecified atom stereocenters. The molecule has 0 spiro atoms. The molecule has 2 rings (SSSR count). The molecule has 6 nitrogen and oxygen atoms in total. The van der Waals surface area contributed by atoms with Crippen LogP contribution >= 0.6 is 0 Å². The van der Waals surface area contributed by atoms with Gasteiger partial charge in [0.1, 0.15) is 11.5 Å². The van der Waals surface area contributed by atoms with Crippen molar-refractivity contribution in [2.45, 2.75) is 33.1 Å². The Labute approximate surface area is 139 Å². The van der Waals surface area contributed by atoms with Gasteiger partial charge in [-0.2, -0.15) is 5.10 Å². The van der Waals surface area contributed by atoms with Crippen LogP contribution in [0.5, 0.6) is 0 Å². The van der Waals surface area contributed by atoms with Gasteiger partial charge < -0.3 is 10.4 Å². The summed E-state index contributed by atoms with van der Waals surface area (Å²) >= 11 is 0. The highest BCUT2D eigenvalue weighted by Gasteiger charge is 2.13. The van der Waals surface area contributed by atoms with Crippen LogP contribution in [0.3, 0.4) is 0 Å². The van der Waals surface area contributed by atoms with Crippen molar-refractivity contribution in [2.75, 3.05) is 6.54 Å². The third-order valence-electron chi connectivity index (χ3n) is 3.55. The maximum atomic E-state index is 14.3. The molecule has 0 aliphatic heterocycles. The Kier molecular flexibility index (Phi) is 5.68. The van der Waals surface area contributed by atoms with Gasteiger partial charge in [-0.3, -0.25) is 9.59 Å². The predicted molar refractivity (Wildman–Crippen MR) is 86.8 cm³/mol. The Morgan fingerprint density at radius 1 is 1.25 bits per heavy atom. The number of amides is 1. The fourth-order valence-corrected chi connectivity index (χ4v) is 2.40. The van der Waals surface area contributed by atoms with E-state index in [-0.39, 0.29) is 17.9 Å². The first-order valence-corrected chi connectivity index (χ1v) is 7.71. The topological polar surface area (TPSA) is 84.2 Å². The van der Waals surface area contributed by atoms with E-state index in [1.165, 1.54) is 16.8 Å². The third kappa shape index (κ3) is 4.41. The Balaban J connectivity index is 2.00. The van der Waals surface area contributed by atoms with Crippen molar-refractivity contribution in [2.24, 2.45) is 0 Å². The minimum atomic E-state index is -0.858. The summed E-state index contributed by atoms with van der Waals surface area (Å²) in [5.41, 5.74) is 2.10. The zero-order chi connectivity index (χ0) is 17.7. The van der Waals surface area contributed by atoms with Crippen LogP contribution in [0.25, 0.3) is 5.69 Å². The van der Waals surface area contributed by atoms with Crippen LogP contribution in [0, 0.1) is 19.7 Å². The van der Waals surface area contributed by atoms with Crippen molar-refractivity contribution < 1.29 is 19.1 Å². The zero-order valence-electron chi connectivity index (χ0n) is 13.7. The number of aromatic nitrogens is 2. The normalized spacial score (nSPS) is 10.6. The number of unbranched alkanes of at least 4 members (excludes halogenated alkanes) is 1. The molecule has 0 saturated heterocycles. The van der Waals surface area contributed by atoms with Gasteiger partial charge in [-0.15, -0.1) is 0 Å². The van der Waals surface area contributed by atoms with Gasteiger partial charge in [0.15, 0.2) is 0 Å². The van der Waals surface area contributed by atoms with Gasteiger partial charge in [-0.1, -0.05) is 0 Å². The molecule has 0 radical (unpaired) electrons. The van der Waals surface area contributed by atoms with Crippen LogP contribution in [0.2, 0.25) is 0 Å². The molecule has 0 aliphatic carbocycles. The summed E-state index contributed by atoms with van der Waals surface area (Å²) in [5, 5.41) is 15.4. The predicted octanol–water partition coefficient (Wildman–Crippen LogP) is 2.61. The van der Waals surface area contributed by atoms with Crippen LogP contribution in [0.15, 0.2) is 24.3 Å². The van der Waals surface area contributed by atoms with Crippen molar-refractivity contribution >= 4 is 11.9 Å². The summed E-state index contributed by atoms with van der Waals surface area (Å²) in [4.78, 5) is 22.4. The van der Waals surface area contributed by atoms with Gasteiger partial charge in [0.25, 0.3) is 5.91 Å². The molecule has 0 aliphatic rings. The summed E-state index contributed by atoms with van der Waals surface area (Å²) in [7, 11) is 0. The summed E-state index contributed by atoms with van der Waals surface area (Å²) in [6.45, 7) is 4.01. The van der Waals surface area contributed by atoms with E-state index in [2.05, 4.69) is 10.4 Å². The van der Waals surface area contributed by atoms with E-state index in [4.69, 9.17) is 5.11 Å². The first kappa shape index (κ1) is 17.7. The second-order valence-electron chi connectivity index (χ2n) is 5.61. The number of carbonyl (C=O) groups is 2. The lowest BCUT2D eigenvalue weighted by atomic mass is 10.1. The maximum Gasteiger partial charge on any atom is 0.303 e. The number of rotatable bonds is 7. The first-order valence-electron chi connectivity index (χ1n) is 7.71. The Hall–Kier alpha value is -2.70. The smallest absolute Gasteiger partial charge is 0.303 e. The Morgan fingerprint density at radius 2 is 2.00 bits per heavy atom. The molecule has 0 atom stereocenters. The summed E-state index contributed by atoms with van der Waals surface area (Å²) in [6, 6.07) is 6.09. The molecule has 24 heavy (non-hydrogen) atoms. The van der Waals surface area contributed by atoms with E-state index in [1.54, 1.807) is 6.07 Å². The van der Waals surface area contributed by atoms with Crippen LogP contribution in [-0.2, 0) is 4.79 Å². The molecular weight excluding hydrogens is 313 g/mol. The summed E-state index contributed by atoms with van der Waals surface area (Å²) in [5.74, 6) is -1.77.